The van der Waals surface area contributed by atoms with E-state index in [9.17, 15) is 9.90 Å². The van der Waals surface area contributed by atoms with Crippen molar-refractivity contribution in [2.24, 2.45) is 0 Å². The van der Waals surface area contributed by atoms with E-state index in [0.29, 0.717) is 27.3 Å². The minimum absolute atomic E-state index is 0.254. The number of hydrogen-bond acceptors (Lipinski definition) is 6. The Morgan fingerprint density at radius 1 is 1.12 bits per heavy atom. The monoisotopic (exact) mass is 489 g/mol. The molecular weight excluding hydrogens is 465 g/mol. The summed E-state index contributed by atoms with van der Waals surface area (Å²) in [5.74, 6) is 1.18. The van der Waals surface area contributed by atoms with Crippen LogP contribution >= 0.6 is 23.2 Å². The molecule has 174 valence electrons. The first-order valence-corrected chi connectivity index (χ1v) is 10.9. The molecule has 0 bridgehead atoms. The molecule has 0 fully saturated rings. The van der Waals surface area contributed by atoms with Crippen molar-refractivity contribution >= 4 is 52.4 Å². The van der Waals surface area contributed by atoms with Crippen molar-refractivity contribution < 1.29 is 14.6 Å². The number of urea groups is 1. The van der Waals surface area contributed by atoms with Gasteiger partial charge < -0.3 is 20.5 Å². The number of carbonyl (C=O) groups excluding carboxylic acids is 1. The summed E-state index contributed by atoms with van der Waals surface area (Å²) in [6, 6.07) is 12.6. The van der Waals surface area contributed by atoms with Gasteiger partial charge in [-0.3, -0.25) is 0 Å². The van der Waals surface area contributed by atoms with Gasteiger partial charge in [-0.05, 0) is 57.2 Å². The fraction of sp³-hybridized carbons (Fsp3) is 0.261. The molecule has 33 heavy (non-hydrogen) atoms. The van der Waals surface area contributed by atoms with E-state index < -0.39 is 11.6 Å². The summed E-state index contributed by atoms with van der Waals surface area (Å²) in [7, 11) is 1.56. The van der Waals surface area contributed by atoms with Crippen LogP contribution in [0.3, 0.4) is 0 Å². The smallest absolute Gasteiger partial charge is 0.332 e. The van der Waals surface area contributed by atoms with E-state index in [-0.39, 0.29) is 17.7 Å². The van der Waals surface area contributed by atoms with Gasteiger partial charge in [-0.15, -0.1) is 0 Å². The van der Waals surface area contributed by atoms with Gasteiger partial charge in [0, 0.05) is 12.3 Å². The number of carbonyl (C=O) groups is 1. The topological polar surface area (TPSA) is 99.6 Å². The van der Waals surface area contributed by atoms with Crippen molar-refractivity contribution in [2.75, 3.05) is 22.6 Å². The zero-order valence-electron chi connectivity index (χ0n) is 18.6. The molecule has 3 rings (SSSR count). The highest BCUT2D eigenvalue weighted by Gasteiger charge is 2.25. The number of rotatable bonds is 7. The van der Waals surface area contributed by atoms with Gasteiger partial charge in [0.05, 0.1) is 40.2 Å². The van der Waals surface area contributed by atoms with Crippen LogP contribution in [0.25, 0.3) is 0 Å². The molecule has 3 N–H and O–H groups in total. The first kappa shape index (κ1) is 24.6. The molecule has 1 atom stereocenters. The zero-order chi connectivity index (χ0) is 24.2. The maximum Gasteiger partial charge on any atom is 0.332 e. The summed E-state index contributed by atoms with van der Waals surface area (Å²) in [4.78, 5) is 23.5. The highest BCUT2D eigenvalue weighted by molar-refractivity contribution is 6.40. The Labute approximate surface area is 202 Å². The van der Waals surface area contributed by atoms with Crippen molar-refractivity contribution in [3.63, 3.8) is 0 Å². The molecule has 0 unspecified atom stereocenters. The highest BCUT2D eigenvalue weighted by Crippen LogP contribution is 2.32. The first-order chi connectivity index (χ1) is 15.6. The van der Waals surface area contributed by atoms with Crippen LogP contribution in [-0.2, 0) is 0 Å². The maximum absolute atomic E-state index is 13.4. The summed E-state index contributed by atoms with van der Waals surface area (Å²) < 4.78 is 5.22. The number of nitrogens with one attached hydrogen (secondary N) is 2. The van der Waals surface area contributed by atoms with E-state index >= 15 is 0 Å². The lowest BCUT2D eigenvalue weighted by molar-refractivity contribution is 0.0646. The zero-order valence-corrected chi connectivity index (χ0v) is 20.1. The van der Waals surface area contributed by atoms with Gasteiger partial charge in [0.15, 0.2) is 0 Å². The lowest BCUT2D eigenvalue weighted by atomic mass is 10.0. The Morgan fingerprint density at radius 2 is 1.76 bits per heavy atom. The van der Waals surface area contributed by atoms with Gasteiger partial charge in [-0.1, -0.05) is 29.3 Å². The molecule has 1 aromatic heterocycles. The maximum atomic E-state index is 13.4. The predicted octanol–water partition coefficient (Wildman–Crippen LogP) is 5.73. The van der Waals surface area contributed by atoms with Crippen LogP contribution < -0.4 is 20.3 Å². The van der Waals surface area contributed by atoms with Crippen molar-refractivity contribution in [3.8, 4) is 5.75 Å². The van der Waals surface area contributed by atoms with Gasteiger partial charge in [0.25, 0.3) is 0 Å². The number of para-hydroxylation sites is 1. The Bertz CT molecular complexity index is 1100. The SMILES string of the molecule is COc1ccc(N(C(=O)Nc2c(Cl)cccc2Cl)c2ccnc(N[C@@H](C)C(C)(C)O)n2)cc1. The summed E-state index contributed by atoms with van der Waals surface area (Å²) in [5.41, 5.74) is -0.197. The third-order valence-electron chi connectivity index (χ3n) is 5.00. The summed E-state index contributed by atoms with van der Waals surface area (Å²) in [5, 5.41) is 16.6. The largest absolute Gasteiger partial charge is 0.497 e. The van der Waals surface area contributed by atoms with E-state index in [1.165, 1.54) is 11.1 Å². The number of halogens is 2. The Hall–Kier alpha value is -3.07. The van der Waals surface area contributed by atoms with Crippen LogP contribution in [0.5, 0.6) is 5.75 Å². The molecular formula is C23H25Cl2N5O3. The van der Waals surface area contributed by atoms with Crippen molar-refractivity contribution in [1.29, 1.82) is 0 Å². The van der Waals surface area contributed by atoms with E-state index in [1.54, 1.807) is 69.5 Å². The molecule has 0 spiro atoms. The van der Waals surface area contributed by atoms with Crippen LogP contribution in [0.4, 0.5) is 27.9 Å². The van der Waals surface area contributed by atoms with Crippen LogP contribution in [0.15, 0.2) is 54.7 Å². The minimum Gasteiger partial charge on any atom is -0.497 e. The van der Waals surface area contributed by atoms with Crippen molar-refractivity contribution in [2.45, 2.75) is 32.4 Å². The molecule has 10 heteroatoms. The lowest BCUT2D eigenvalue weighted by Gasteiger charge is -2.27. The number of ether oxygens (including phenoxy) is 1. The molecule has 0 saturated carbocycles. The van der Waals surface area contributed by atoms with E-state index in [1.807, 2.05) is 6.92 Å². The lowest BCUT2D eigenvalue weighted by Crippen LogP contribution is -2.40. The van der Waals surface area contributed by atoms with E-state index in [2.05, 4.69) is 20.6 Å². The van der Waals surface area contributed by atoms with Crippen LogP contribution in [0.1, 0.15) is 20.8 Å². The third-order valence-corrected chi connectivity index (χ3v) is 5.63. The van der Waals surface area contributed by atoms with Crippen LogP contribution in [0, 0.1) is 0 Å². The highest BCUT2D eigenvalue weighted by atomic mass is 35.5. The fourth-order valence-corrected chi connectivity index (χ4v) is 3.27. The van der Waals surface area contributed by atoms with Gasteiger partial charge in [0.2, 0.25) is 5.95 Å². The van der Waals surface area contributed by atoms with Crippen LogP contribution in [0.2, 0.25) is 10.0 Å². The normalized spacial score (nSPS) is 12.1. The molecule has 3 aromatic rings. The third kappa shape index (κ3) is 6.04. The summed E-state index contributed by atoms with van der Waals surface area (Å²) in [6.45, 7) is 5.17. The Morgan fingerprint density at radius 3 is 2.33 bits per heavy atom. The van der Waals surface area contributed by atoms with Crippen molar-refractivity contribution in [1.82, 2.24) is 9.97 Å². The van der Waals surface area contributed by atoms with Gasteiger partial charge >= 0.3 is 6.03 Å². The van der Waals surface area contributed by atoms with E-state index in [0.717, 1.165) is 0 Å². The van der Waals surface area contributed by atoms with Crippen LogP contribution in [-0.4, -0.2) is 39.9 Å². The molecule has 0 aliphatic carbocycles. The minimum atomic E-state index is -1.01. The average Bonchev–Trinajstić information content (AvgIpc) is 2.77. The Balaban J connectivity index is 2.00. The van der Waals surface area contributed by atoms with Gasteiger partial charge in [-0.25, -0.2) is 14.7 Å². The van der Waals surface area contributed by atoms with Gasteiger partial charge in [-0.2, -0.15) is 4.98 Å². The molecule has 2 aromatic carbocycles. The molecule has 0 radical (unpaired) electrons. The number of anilines is 4. The molecule has 0 saturated heterocycles. The number of amides is 2. The number of methoxy groups -OCH3 is 1. The number of hydrogen-bond donors (Lipinski definition) is 3. The molecule has 1 heterocycles. The molecule has 0 aliphatic heterocycles. The Kier molecular flexibility index (Phi) is 7.63. The summed E-state index contributed by atoms with van der Waals surface area (Å²) >= 11 is 12.5. The quantitative estimate of drug-likeness (QED) is 0.391. The van der Waals surface area contributed by atoms with Gasteiger partial charge in [0.1, 0.15) is 11.6 Å². The number of aromatic nitrogens is 2. The fourth-order valence-electron chi connectivity index (χ4n) is 2.78. The second kappa shape index (κ2) is 10.2. The molecule has 8 nitrogen and oxygen atoms in total. The number of aliphatic hydroxyl groups is 1. The second-order valence-electron chi connectivity index (χ2n) is 7.82. The number of nitrogens with zero attached hydrogens (tertiary/aromatic N) is 3. The van der Waals surface area contributed by atoms with Crippen molar-refractivity contribution in [3.05, 3.63) is 64.8 Å². The number of benzene rings is 2. The van der Waals surface area contributed by atoms with E-state index in [4.69, 9.17) is 27.9 Å². The standard InChI is InChI=1S/C23H25Cl2N5O3/c1-14(23(2,3)32)27-21-26-13-12-19(28-21)30(15-8-10-16(33-4)11-9-15)22(31)29-20-17(24)6-5-7-18(20)25/h5-14,32H,1-4H3,(H,29,31)(H,26,27,28)/t14-/m0/s1. The molecule has 0 aliphatic rings. The summed E-state index contributed by atoms with van der Waals surface area (Å²) in [6.07, 6.45) is 1.52. The molecule has 2 amide bonds. The first-order valence-electron chi connectivity index (χ1n) is 10.1. The average molecular weight is 490 g/mol. The second-order valence-corrected chi connectivity index (χ2v) is 8.63. The predicted molar refractivity (Wildman–Crippen MR) is 132 cm³/mol.